The summed E-state index contributed by atoms with van der Waals surface area (Å²) < 4.78 is 5.26. The minimum absolute atomic E-state index is 0.108. The fourth-order valence-corrected chi connectivity index (χ4v) is 1.37. The highest BCUT2D eigenvalue weighted by Crippen LogP contribution is 2.19. The van der Waals surface area contributed by atoms with Crippen LogP contribution in [-0.4, -0.2) is 5.97 Å². The minimum Gasteiger partial charge on any atom is -0.444 e. The van der Waals surface area contributed by atoms with Crippen LogP contribution >= 0.6 is 0 Å². The molecule has 0 bridgehead atoms. The Morgan fingerprint density at radius 3 is 2.22 bits per heavy atom. The molecular weight excluding hydrogens is 224 g/mol. The van der Waals surface area contributed by atoms with Crippen LogP contribution in [0.2, 0.25) is 0 Å². The first kappa shape index (κ1) is 14.3. The Labute approximate surface area is 109 Å². The number of aryl methyl sites for hydroxylation is 1. The molecule has 0 saturated carbocycles. The maximum absolute atomic E-state index is 11.1. The van der Waals surface area contributed by atoms with Crippen molar-refractivity contribution in [2.24, 2.45) is 5.41 Å². The van der Waals surface area contributed by atoms with Gasteiger partial charge in [0.15, 0.2) is 6.10 Å². The quantitative estimate of drug-likeness (QED) is 0.586. The Morgan fingerprint density at radius 1 is 1.22 bits per heavy atom. The van der Waals surface area contributed by atoms with Gasteiger partial charge in [-0.1, -0.05) is 41.7 Å². The SMILES string of the molecule is CC(=O)O[C@@H](C#CC(C)(C)C)c1ccc(C)cc1. The van der Waals surface area contributed by atoms with Crippen LogP contribution in [0, 0.1) is 24.2 Å². The topological polar surface area (TPSA) is 26.3 Å². The zero-order valence-electron chi connectivity index (χ0n) is 11.7. The number of hydrogen-bond acceptors (Lipinski definition) is 2. The molecule has 2 nitrogen and oxygen atoms in total. The fourth-order valence-electron chi connectivity index (χ4n) is 1.37. The van der Waals surface area contributed by atoms with Crippen molar-refractivity contribution >= 4 is 5.97 Å². The van der Waals surface area contributed by atoms with E-state index in [0.717, 1.165) is 5.56 Å². The molecule has 0 aliphatic rings. The summed E-state index contributed by atoms with van der Waals surface area (Å²) in [5.41, 5.74) is 1.97. The van der Waals surface area contributed by atoms with Gasteiger partial charge in [-0.05, 0) is 27.7 Å². The molecule has 0 aromatic heterocycles. The highest BCUT2D eigenvalue weighted by atomic mass is 16.5. The molecule has 18 heavy (non-hydrogen) atoms. The second-order valence-electron chi connectivity index (χ2n) is 5.42. The van der Waals surface area contributed by atoms with E-state index in [1.165, 1.54) is 12.5 Å². The number of rotatable bonds is 2. The molecule has 0 aliphatic heterocycles. The van der Waals surface area contributed by atoms with Gasteiger partial charge in [-0.15, -0.1) is 0 Å². The average molecular weight is 244 g/mol. The van der Waals surface area contributed by atoms with Crippen LogP contribution in [0.15, 0.2) is 24.3 Å². The van der Waals surface area contributed by atoms with Crippen molar-refractivity contribution in [1.29, 1.82) is 0 Å². The highest BCUT2D eigenvalue weighted by molar-refractivity contribution is 5.66. The van der Waals surface area contributed by atoms with Crippen molar-refractivity contribution in [3.05, 3.63) is 35.4 Å². The first-order chi connectivity index (χ1) is 8.28. The van der Waals surface area contributed by atoms with Crippen LogP contribution in [-0.2, 0) is 9.53 Å². The largest absolute Gasteiger partial charge is 0.444 e. The second-order valence-corrected chi connectivity index (χ2v) is 5.42. The minimum atomic E-state index is -0.484. The van der Waals surface area contributed by atoms with Gasteiger partial charge in [0.05, 0.1) is 0 Å². The molecular formula is C16H20O2. The van der Waals surface area contributed by atoms with E-state index in [0.29, 0.717) is 0 Å². The summed E-state index contributed by atoms with van der Waals surface area (Å²) in [6, 6.07) is 7.87. The van der Waals surface area contributed by atoms with Gasteiger partial charge in [-0.25, -0.2) is 0 Å². The van der Waals surface area contributed by atoms with E-state index in [9.17, 15) is 4.79 Å². The Kier molecular flexibility index (Phi) is 4.55. The van der Waals surface area contributed by atoms with Crippen molar-refractivity contribution in [3.8, 4) is 11.8 Å². The van der Waals surface area contributed by atoms with Gasteiger partial charge >= 0.3 is 5.97 Å². The third kappa shape index (κ3) is 5.05. The van der Waals surface area contributed by atoms with E-state index in [-0.39, 0.29) is 11.4 Å². The lowest BCUT2D eigenvalue weighted by molar-refractivity contribution is -0.144. The predicted octanol–water partition coefficient (Wildman–Crippen LogP) is 3.65. The summed E-state index contributed by atoms with van der Waals surface area (Å²) >= 11 is 0. The van der Waals surface area contributed by atoms with Gasteiger partial charge in [0.2, 0.25) is 0 Å². The molecule has 1 atom stereocenters. The van der Waals surface area contributed by atoms with E-state index in [1.54, 1.807) is 0 Å². The summed E-state index contributed by atoms with van der Waals surface area (Å²) in [7, 11) is 0. The first-order valence-electron chi connectivity index (χ1n) is 6.04. The second kappa shape index (κ2) is 5.73. The molecule has 1 aromatic rings. The van der Waals surface area contributed by atoms with Crippen LogP contribution in [0.5, 0.6) is 0 Å². The Bertz CT molecular complexity index is 467. The van der Waals surface area contributed by atoms with Crippen LogP contribution in [0.1, 0.15) is 44.9 Å². The van der Waals surface area contributed by atoms with Crippen molar-refractivity contribution in [2.75, 3.05) is 0 Å². The molecule has 2 heteroatoms. The molecule has 0 spiro atoms. The maximum atomic E-state index is 11.1. The van der Waals surface area contributed by atoms with Gasteiger partial charge in [0.1, 0.15) is 0 Å². The van der Waals surface area contributed by atoms with Crippen LogP contribution in [0.3, 0.4) is 0 Å². The van der Waals surface area contributed by atoms with Crippen LogP contribution in [0.25, 0.3) is 0 Å². The first-order valence-corrected chi connectivity index (χ1v) is 6.04. The fraction of sp³-hybridized carbons (Fsp3) is 0.438. The molecule has 0 saturated heterocycles. The molecule has 96 valence electrons. The van der Waals surface area contributed by atoms with Crippen LogP contribution < -0.4 is 0 Å². The standard InChI is InChI=1S/C16H20O2/c1-12-6-8-14(9-7-12)15(18-13(2)17)10-11-16(3,4)5/h6-9,15H,1-5H3/t15-/m0/s1. The average Bonchev–Trinajstić information content (AvgIpc) is 2.24. The number of carbonyl (C=O) groups excluding carboxylic acids is 1. The molecule has 0 fully saturated rings. The monoisotopic (exact) mass is 244 g/mol. The molecule has 1 aromatic carbocycles. The summed E-state index contributed by atoms with van der Waals surface area (Å²) in [6.45, 7) is 9.51. The normalized spacial score (nSPS) is 12.3. The molecule has 0 radical (unpaired) electrons. The van der Waals surface area contributed by atoms with Crippen molar-refractivity contribution < 1.29 is 9.53 Å². The Morgan fingerprint density at radius 2 is 1.78 bits per heavy atom. The smallest absolute Gasteiger partial charge is 0.304 e. The lowest BCUT2D eigenvalue weighted by Crippen LogP contribution is -2.08. The third-order valence-corrected chi connectivity index (χ3v) is 2.24. The molecule has 0 unspecified atom stereocenters. The van der Waals surface area contributed by atoms with Crippen LogP contribution in [0.4, 0.5) is 0 Å². The lowest BCUT2D eigenvalue weighted by atomic mass is 9.97. The highest BCUT2D eigenvalue weighted by Gasteiger charge is 2.13. The van der Waals surface area contributed by atoms with Gasteiger partial charge in [-0.3, -0.25) is 4.79 Å². The number of carbonyl (C=O) groups is 1. The van der Waals surface area contributed by atoms with Gasteiger partial charge < -0.3 is 4.74 Å². The van der Waals surface area contributed by atoms with E-state index >= 15 is 0 Å². The van der Waals surface area contributed by atoms with Crippen molar-refractivity contribution in [1.82, 2.24) is 0 Å². The van der Waals surface area contributed by atoms with E-state index < -0.39 is 6.10 Å². The van der Waals surface area contributed by atoms with Crippen molar-refractivity contribution in [2.45, 2.75) is 40.7 Å². The Hall–Kier alpha value is -1.75. The predicted molar refractivity (Wildman–Crippen MR) is 72.9 cm³/mol. The zero-order chi connectivity index (χ0) is 13.8. The third-order valence-electron chi connectivity index (χ3n) is 2.24. The number of ether oxygens (including phenoxy) is 1. The van der Waals surface area contributed by atoms with Gasteiger partial charge in [0.25, 0.3) is 0 Å². The van der Waals surface area contributed by atoms with E-state index in [2.05, 4.69) is 11.8 Å². The lowest BCUT2D eigenvalue weighted by Gasteiger charge is -2.13. The molecule has 0 N–H and O–H groups in total. The van der Waals surface area contributed by atoms with Gasteiger partial charge in [-0.2, -0.15) is 0 Å². The van der Waals surface area contributed by atoms with Gasteiger partial charge in [0, 0.05) is 17.9 Å². The van der Waals surface area contributed by atoms with E-state index in [4.69, 9.17) is 4.74 Å². The molecule has 0 amide bonds. The molecule has 1 rings (SSSR count). The number of hydrogen-bond donors (Lipinski definition) is 0. The van der Waals surface area contributed by atoms with Crippen molar-refractivity contribution in [3.63, 3.8) is 0 Å². The summed E-state index contributed by atoms with van der Waals surface area (Å²) in [5.74, 6) is 5.83. The maximum Gasteiger partial charge on any atom is 0.304 e. The summed E-state index contributed by atoms with van der Waals surface area (Å²) in [5, 5.41) is 0. The summed E-state index contributed by atoms with van der Waals surface area (Å²) in [6.07, 6.45) is -0.484. The number of benzene rings is 1. The number of esters is 1. The zero-order valence-corrected chi connectivity index (χ0v) is 11.7. The molecule has 0 heterocycles. The van der Waals surface area contributed by atoms with E-state index in [1.807, 2.05) is 52.0 Å². The Balaban J connectivity index is 3.01. The summed E-state index contributed by atoms with van der Waals surface area (Å²) in [4.78, 5) is 11.1. The molecule has 0 aliphatic carbocycles.